The van der Waals surface area contributed by atoms with Crippen molar-refractivity contribution in [2.45, 2.75) is 109 Å². The van der Waals surface area contributed by atoms with Crippen LogP contribution < -0.4 is 0 Å². The van der Waals surface area contributed by atoms with Gasteiger partial charge in [0.1, 0.15) is 0 Å². The molecule has 5 unspecified atom stereocenters. The summed E-state index contributed by atoms with van der Waals surface area (Å²) in [5.41, 5.74) is 3.54. The van der Waals surface area contributed by atoms with E-state index < -0.39 is 11.8 Å². The second-order valence-electron chi connectivity index (χ2n) is 11.7. The zero-order valence-electron chi connectivity index (χ0n) is 20.4. The standard InChI is InChI=1S/C28H45F2NO/c1-27-16-6-8-22(12-11-21-7-5-10-25(32)19-21)26(27)14-13-23(27)9-3-4-17-31-18-15-24(20-31)28(2,29)30/h11-12,23-26,32H,3-10,13-20H2,1-2H3/b21-11-,22-12+. The van der Waals surface area contributed by atoms with E-state index in [0.717, 1.165) is 64.0 Å². The Balaban J connectivity index is 1.26. The van der Waals surface area contributed by atoms with Gasteiger partial charge >= 0.3 is 0 Å². The van der Waals surface area contributed by atoms with Crippen LogP contribution in [0.25, 0.3) is 0 Å². The molecule has 1 aliphatic heterocycles. The number of allylic oxidation sites excluding steroid dienone is 3. The molecule has 2 nitrogen and oxygen atoms in total. The molecule has 3 saturated carbocycles. The number of likely N-dealkylation sites (tertiary alicyclic amines) is 1. The Morgan fingerprint density at radius 1 is 1.09 bits per heavy atom. The first-order valence-corrected chi connectivity index (χ1v) is 13.4. The van der Waals surface area contributed by atoms with Crippen molar-refractivity contribution in [2.75, 3.05) is 19.6 Å². The maximum absolute atomic E-state index is 13.6. The van der Waals surface area contributed by atoms with Crippen LogP contribution in [0, 0.1) is 23.2 Å². The highest BCUT2D eigenvalue weighted by molar-refractivity contribution is 5.25. The van der Waals surface area contributed by atoms with E-state index >= 15 is 0 Å². The number of aliphatic hydroxyl groups excluding tert-OH is 1. The molecule has 0 aromatic carbocycles. The molecule has 0 bridgehead atoms. The molecule has 0 radical (unpaired) electrons. The Kier molecular flexibility index (Phi) is 7.82. The van der Waals surface area contributed by atoms with E-state index in [-0.39, 0.29) is 6.10 Å². The molecule has 0 aromatic rings. The third kappa shape index (κ3) is 5.66. The first-order chi connectivity index (χ1) is 15.3. The van der Waals surface area contributed by atoms with Crippen molar-refractivity contribution in [3.63, 3.8) is 0 Å². The second-order valence-corrected chi connectivity index (χ2v) is 11.7. The fourth-order valence-corrected chi connectivity index (χ4v) is 7.44. The Hall–Kier alpha value is -0.740. The Labute approximate surface area is 194 Å². The van der Waals surface area contributed by atoms with Gasteiger partial charge in [-0.15, -0.1) is 0 Å². The van der Waals surface area contributed by atoms with Crippen LogP contribution in [0.15, 0.2) is 23.3 Å². The molecular formula is C28H45F2NO. The quantitative estimate of drug-likeness (QED) is 0.418. The molecule has 3 aliphatic carbocycles. The van der Waals surface area contributed by atoms with E-state index in [4.69, 9.17) is 0 Å². The zero-order chi connectivity index (χ0) is 22.8. The molecule has 0 aromatic heterocycles. The molecule has 1 saturated heterocycles. The average molecular weight is 450 g/mol. The summed E-state index contributed by atoms with van der Waals surface area (Å²) < 4.78 is 27.1. The van der Waals surface area contributed by atoms with Gasteiger partial charge in [0, 0.05) is 12.5 Å². The van der Waals surface area contributed by atoms with Crippen LogP contribution in [0.2, 0.25) is 0 Å². The smallest absolute Gasteiger partial charge is 0.249 e. The number of hydrogen-bond acceptors (Lipinski definition) is 2. The van der Waals surface area contributed by atoms with Gasteiger partial charge in [-0.25, -0.2) is 8.78 Å². The van der Waals surface area contributed by atoms with E-state index in [1.54, 1.807) is 5.57 Å². The summed E-state index contributed by atoms with van der Waals surface area (Å²) in [6.07, 6.45) is 19.7. The van der Waals surface area contributed by atoms with Crippen LogP contribution in [0.3, 0.4) is 0 Å². The molecule has 5 atom stereocenters. The van der Waals surface area contributed by atoms with Crippen molar-refractivity contribution in [3.8, 4) is 0 Å². The number of unbranched alkanes of at least 4 members (excludes halogenated alkanes) is 1. The second kappa shape index (κ2) is 10.3. The minimum atomic E-state index is -2.53. The topological polar surface area (TPSA) is 23.5 Å². The third-order valence-electron chi connectivity index (χ3n) is 9.49. The SMILES string of the molecule is CC(F)(F)C1CCN(CCCCC2CCC3/C(=C/C=C4/CCCC(O)C4)CCCC23C)C1. The van der Waals surface area contributed by atoms with Crippen molar-refractivity contribution in [2.24, 2.45) is 23.2 Å². The van der Waals surface area contributed by atoms with E-state index in [1.165, 1.54) is 50.5 Å². The third-order valence-corrected chi connectivity index (χ3v) is 9.49. The van der Waals surface area contributed by atoms with Crippen molar-refractivity contribution in [1.29, 1.82) is 0 Å². The molecule has 1 N–H and O–H groups in total. The highest BCUT2D eigenvalue weighted by Crippen LogP contribution is 2.58. The summed E-state index contributed by atoms with van der Waals surface area (Å²) in [6, 6.07) is 0. The van der Waals surface area contributed by atoms with E-state index in [9.17, 15) is 13.9 Å². The lowest BCUT2D eigenvalue weighted by Crippen LogP contribution is -2.33. The monoisotopic (exact) mass is 449 g/mol. The number of alkyl halides is 2. The van der Waals surface area contributed by atoms with Gasteiger partial charge in [0.05, 0.1) is 6.10 Å². The molecule has 4 rings (SSSR count). The number of rotatable bonds is 7. The van der Waals surface area contributed by atoms with Crippen molar-refractivity contribution in [1.82, 2.24) is 4.90 Å². The van der Waals surface area contributed by atoms with Crippen LogP contribution >= 0.6 is 0 Å². The lowest BCUT2D eigenvalue weighted by Gasteiger charge is -2.42. The first-order valence-electron chi connectivity index (χ1n) is 13.4. The van der Waals surface area contributed by atoms with Gasteiger partial charge in [0.2, 0.25) is 5.92 Å². The summed E-state index contributed by atoms with van der Waals surface area (Å²) >= 11 is 0. The van der Waals surface area contributed by atoms with Crippen molar-refractivity contribution in [3.05, 3.63) is 23.3 Å². The molecule has 32 heavy (non-hydrogen) atoms. The van der Waals surface area contributed by atoms with Crippen LogP contribution in [0.5, 0.6) is 0 Å². The fourth-order valence-electron chi connectivity index (χ4n) is 7.44. The lowest BCUT2D eigenvalue weighted by atomic mass is 9.62. The maximum Gasteiger partial charge on any atom is 0.249 e. The fraction of sp³-hybridized carbons (Fsp3) is 0.857. The zero-order valence-corrected chi connectivity index (χ0v) is 20.4. The molecule has 4 fully saturated rings. The molecular weight excluding hydrogens is 404 g/mol. The van der Waals surface area contributed by atoms with Crippen molar-refractivity contribution < 1.29 is 13.9 Å². The normalized spacial score (nSPS) is 39.2. The molecule has 182 valence electrons. The Morgan fingerprint density at radius 2 is 1.94 bits per heavy atom. The number of aliphatic hydroxyl groups is 1. The molecule has 4 heteroatoms. The number of halogens is 2. The highest BCUT2D eigenvalue weighted by atomic mass is 19.3. The van der Waals surface area contributed by atoms with E-state index in [0.29, 0.717) is 18.4 Å². The van der Waals surface area contributed by atoms with Gasteiger partial charge in [0.25, 0.3) is 0 Å². The average Bonchev–Trinajstić information content (AvgIpc) is 3.34. The van der Waals surface area contributed by atoms with Gasteiger partial charge in [-0.05, 0) is 114 Å². The molecule has 1 heterocycles. The molecule has 0 spiro atoms. The summed E-state index contributed by atoms with van der Waals surface area (Å²) in [5, 5.41) is 9.97. The number of hydrogen-bond donors (Lipinski definition) is 1. The lowest BCUT2D eigenvalue weighted by molar-refractivity contribution is -0.0351. The number of fused-ring (bicyclic) bond motifs is 1. The van der Waals surface area contributed by atoms with Gasteiger partial charge in [-0.2, -0.15) is 0 Å². The highest BCUT2D eigenvalue weighted by Gasteiger charge is 2.48. The predicted molar refractivity (Wildman–Crippen MR) is 128 cm³/mol. The molecule has 0 amide bonds. The summed E-state index contributed by atoms with van der Waals surface area (Å²) in [7, 11) is 0. The summed E-state index contributed by atoms with van der Waals surface area (Å²) in [5.74, 6) is -1.43. The van der Waals surface area contributed by atoms with Gasteiger partial charge in [-0.1, -0.05) is 36.6 Å². The van der Waals surface area contributed by atoms with Crippen LogP contribution in [-0.2, 0) is 0 Å². The summed E-state index contributed by atoms with van der Waals surface area (Å²) in [4.78, 5) is 2.26. The van der Waals surface area contributed by atoms with Gasteiger partial charge in [0.15, 0.2) is 0 Å². The molecule has 4 aliphatic rings. The van der Waals surface area contributed by atoms with E-state index in [1.807, 2.05) is 0 Å². The Bertz CT molecular complexity index is 696. The minimum Gasteiger partial charge on any atom is -0.393 e. The van der Waals surface area contributed by atoms with Crippen LogP contribution in [0.4, 0.5) is 8.78 Å². The Morgan fingerprint density at radius 3 is 2.69 bits per heavy atom. The first kappa shape index (κ1) is 24.4. The maximum atomic E-state index is 13.6. The van der Waals surface area contributed by atoms with Crippen molar-refractivity contribution >= 4 is 0 Å². The number of nitrogens with zero attached hydrogens (tertiary/aromatic N) is 1. The van der Waals surface area contributed by atoms with Gasteiger partial charge in [-0.3, -0.25) is 0 Å². The largest absolute Gasteiger partial charge is 0.393 e. The summed E-state index contributed by atoms with van der Waals surface area (Å²) in [6.45, 7) is 6.05. The van der Waals surface area contributed by atoms with Crippen LogP contribution in [-0.4, -0.2) is 41.7 Å². The van der Waals surface area contributed by atoms with Crippen LogP contribution in [0.1, 0.15) is 97.3 Å². The minimum absolute atomic E-state index is 0.134. The predicted octanol–water partition coefficient (Wildman–Crippen LogP) is 7.14. The van der Waals surface area contributed by atoms with Gasteiger partial charge < -0.3 is 10.0 Å². The van der Waals surface area contributed by atoms with E-state index in [2.05, 4.69) is 24.0 Å².